The van der Waals surface area contributed by atoms with Crippen LogP contribution in [0, 0.1) is 12.7 Å². The molecule has 0 aliphatic rings. The molecule has 6 heteroatoms. The minimum Gasteiger partial charge on any atom is -0.392 e. The Kier molecular flexibility index (Phi) is 3.88. The fourth-order valence-electron chi connectivity index (χ4n) is 1.70. The van der Waals surface area contributed by atoms with Gasteiger partial charge in [-0.3, -0.25) is 0 Å². The van der Waals surface area contributed by atoms with Gasteiger partial charge in [0.05, 0.1) is 30.6 Å². The van der Waals surface area contributed by atoms with E-state index >= 15 is 0 Å². The maximum atomic E-state index is 13.0. The number of aromatic nitrogens is 2. The van der Waals surface area contributed by atoms with Gasteiger partial charge in [0.25, 0.3) is 0 Å². The van der Waals surface area contributed by atoms with Crippen LogP contribution in [-0.4, -0.2) is 22.1 Å². The minimum atomic E-state index is -0.440. The SMILES string of the molecule is Cc1ncsc1CN(C)c1ncc(F)cc1CO. The Bertz CT molecular complexity index is 544. The van der Waals surface area contributed by atoms with Crippen molar-refractivity contribution in [3.63, 3.8) is 0 Å². The molecule has 0 saturated carbocycles. The summed E-state index contributed by atoms with van der Waals surface area (Å²) >= 11 is 1.57. The van der Waals surface area contributed by atoms with Crippen LogP contribution in [0.5, 0.6) is 0 Å². The van der Waals surface area contributed by atoms with Gasteiger partial charge >= 0.3 is 0 Å². The molecule has 0 amide bonds. The summed E-state index contributed by atoms with van der Waals surface area (Å²) in [7, 11) is 1.86. The smallest absolute Gasteiger partial charge is 0.142 e. The molecule has 2 aromatic rings. The Morgan fingerprint density at radius 3 is 2.83 bits per heavy atom. The zero-order valence-corrected chi connectivity index (χ0v) is 11.0. The van der Waals surface area contributed by atoms with Crippen molar-refractivity contribution >= 4 is 17.2 Å². The summed E-state index contributed by atoms with van der Waals surface area (Å²) in [6, 6.07) is 1.30. The standard InChI is InChI=1S/C12H14FN3OS/c1-8-11(18-7-15-8)5-16(2)12-9(6-17)3-10(13)4-14-12/h3-4,7,17H,5-6H2,1-2H3. The third-order valence-electron chi connectivity index (χ3n) is 2.67. The summed E-state index contributed by atoms with van der Waals surface area (Å²) < 4.78 is 13.0. The van der Waals surface area contributed by atoms with E-state index in [1.807, 2.05) is 18.9 Å². The molecule has 0 unspecified atom stereocenters. The van der Waals surface area contributed by atoms with Crippen molar-refractivity contribution < 1.29 is 9.50 Å². The van der Waals surface area contributed by atoms with Crippen LogP contribution >= 0.6 is 11.3 Å². The average molecular weight is 267 g/mol. The number of halogens is 1. The zero-order chi connectivity index (χ0) is 13.1. The summed E-state index contributed by atoms with van der Waals surface area (Å²) in [4.78, 5) is 11.2. The fourth-order valence-corrected chi connectivity index (χ4v) is 2.53. The maximum absolute atomic E-state index is 13.0. The largest absolute Gasteiger partial charge is 0.392 e. The van der Waals surface area contributed by atoms with Crippen molar-refractivity contribution in [3.8, 4) is 0 Å². The van der Waals surface area contributed by atoms with Crippen molar-refractivity contribution in [2.24, 2.45) is 0 Å². The maximum Gasteiger partial charge on any atom is 0.142 e. The monoisotopic (exact) mass is 267 g/mol. The first-order chi connectivity index (χ1) is 8.61. The minimum absolute atomic E-state index is 0.230. The molecule has 0 aromatic carbocycles. The number of rotatable bonds is 4. The van der Waals surface area contributed by atoms with Crippen molar-refractivity contribution in [1.82, 2.24) is 9.97 Å². The van der Waals surface area contributed by atoms with Crippen LogP contribution in [0.25, 0.3) is 0 Å². The predicted octanol–water partition coefficient (Wildman–Crippen LogP) is 2.11. The highest BCUT2D eigenvalue weighted by Crippen LogP contribution is 2.21. The topological polar surface area (TPSA) is 49.2 Å². The quantitative estimate of drug-likeness (QED) is 0.921. The fraction of sp³-hybridized carbons (Fsp3) is 0.333. The van der Waals surface area contributed by atoms with E-state index in [1.54, 1.807) is 16.8 Å². The lowest BCUT2D eigenvalue weighted by atomic mass is 10.2. The summed E-state index contributed by atoms with van der Waals surface area (Å²) in [6.45, 7) is 2.36. The second-order valence-electron chi connectivity index (χ2n) is 4.01. The van der Waals surface area contributed by atoms with Crippen molar-refractivity contribution in [1.29, 1.82) is 0 Å². The number of aliphatic hydroxyl groups is 1. The summed E-state index contributed by atoms with van der Waals surface area (Å²) in [5.41, 5.74) is 3.27. The van der Waals surface area contributed by atoms with Gasteiger partial charge < -0.3 is 10.0 Å². The molecule has 0 radical (unpaired) electrons. The van der Waals surface area contributed by atoms with Crippen LogP contribution in [0.3, 0.4) is 0 Å². The number of nitrogens with zero attached hydrogens (tertiary/aromatic N) is 3. The lowest BCUT2D eigenvalue weighted by Crippen LogP contribution is -2.19. The normalized spacial score (nSPS) is 10.7. The lowest BCUT2D eigenvalue weighted by Gasteiger charge is -2.20. The van der Waals surface area contributed by atoms with Crippen LogP contribution in [0.15, 0.2) is 17.8 Å². The van der Waals surface area contributed by atoms with E-state index in [9.17, 15) is 9.50 Å². The first-order valence-electron chi connectivity index (χ1n) is 5.47. The average Bonchev–Trinajstić information content (AvgIpc) is 2.74. The molecule has 0 saturated heterocycles. The summed E-state index contributed by atoms with van der Waals surface area (Å²) in [5.74, 6) is 0.150. The van der Waals surface area contributed by atoms with Gasteiger partial charge in [-0.25, -0.2) is 14.4 Å². The summed E-state index contributed by atoms with van der Waals surface area (Å²) in [5, 5.41) is 9.23. The number of anilines is 1. The first kappa shape index (κ1) is 12.9. The van der Waals surface area contributed by atoms with Gasteiger partial charge in [-0.2, -0.15) is 0 Å². The highest BCUT2D eigenvalue weighted by molar-refractivity contribution is 7.09. The number of aryl methyl sites for hydroxylation is 1. The molecular formula is C12H14FN3OS. The number of hydrogen-bond acceptors (Lipinski definition) is 5. The Balaban J connectivity index is 2.23. The molecule has 96 valence electrons. The number of pyridine rings is 1. The van der Waals surface area contributed by atoms with Gasteiger partial charge in [0.15, 0.2) is 0 Å². The molecule has 0 atom stereocenters. The van der Waals surface area contributed by atoms with E-state index in [0.29, 0.717) is 17.9 Å². The van der Waals surface area contributed by atoms with E-state index in [-0.39, 0.29) is 6.61 Å². The second-order valence-corrected chi connectivity index (χ2v) is 4.95. The molecule has 2 rings (SSSR count). The second kappa shape index (κ2) is 5.41. The molecule has 1 N–H and O–H groups in total. The van der Waals surface area contributed by atoms with Crippen LogP contribution < -0.4 is 4.90 Å². The molecule has 0 spiro atoms. The highest BCUT2D eigenvalue weighted by atomic mass is 32.1. The van der Waals surface area contributed by atoms with E-state index in [4.69, 9.17) is 0 Å². The van der Waals surface area contributed by atoms with Gasteiger partial charge in [0, 0.05) is 17.5 Å². The zero-order valence-electron chi connectivity index (χ0n) is 10.2. The molecular weight excluding hydrogens is 253 g/mol. The Hall–Kier alpha value is -1.53. The number of aliphatic hydroxyl groups excluding tert-OH is 1. The van der Waals surface area contributed by atoms with Gasteiger partial charge in [0.1, 0.15) is 11.6 Å². The number of thiazole rings is 1. The van der Waals surface area contributed by atoms with Crippen LogP contribution in [-0.2, 0) is 13.2 Å². The first-order valence-corrected chi connectivity index (χ1v) is 6.35. The van der Waals surface area contributed by atoms with Gasteiger partial charge in [-0.15, -0.1) is 11.3 Å². The van der Waals surface area contributed by atoms with Crippen molar-refractivity contribution in [3.05, 3.63) is 39.7 Å². The Labute approximate surface area is 109 Å². The number of hydrogen-bond donors (Lipinski definition) is 1. The van der Waals surface area contributed by atoms with Crippen molar-refractivity contribution in [2.75, 3.05) is 11.9 Å². The molecule has 0 fully saturated rings. The highest BCUT2D eigenvalue weighted by Gasteiger charge is 2.12. The Morgan fingerprint density at radius 2 is 2.22 bits per heavy atom. The van der Waals surface area contributed by atoms with Gasteiger partial charge in [0.2, 0.25) is 0 Å². The molecule has 2 heterocycles. The molecule has 4 nitrogen and oxygen atoms in total. The van der Waals surface area contributed by atoms with Crippen molar-refractivity contribution in [2.45, 2.75) is 20.1 Å². The van der Waals surface area contributed by atoms with Gasteiger partial charge in [-0.1, -0.05) is 0 Å². The molecule has 0 aliphatic heterocycles. The van der Waals surface area contributed by atoms with E-state index in [1.165, 1.54) is 6.07 Å². The third kappa shape index (κ3) is 2.65. The molecule has 18 heavy (non-hydrogen) atoms. The van der Waals surface area contributed by atoms with E-state index < -0.39 is 5.82 Å². The third-order valence-corrected chi connectivity index (χ3v) is 3.59. The molecule has 0 bridgehead atoms. The van der Waals surface area contributed by atoms with Crippen LogP contribution in [0.4, 0.5) is 10.2 Å². The lowest BCUT2D eigenvalue weighted by molar-refractivity contribution is 0.281. The van der Waals surface area contributed by atoms with E-state index in [0.717, 1.165) is 16.8 Å². The van der Waals surface area contributed by atoms with Crippen LogP contribution in [0.2, 0.25) is 0 Å². The van der Waals surface area contributed by atoms with Crippen LogP contribution in [0.1, 0.15) is 16.1 Å². The predicted molar refractivity (Wildman–Crippen MR) is 69.1 cm³/mol. The molecule has 0 aliphatic carbocycles. The Morgan fingerprint density at radius 1 is 1.44 bits per heavy atom. The molecule has 2 aromatic heterocycles. The summed E-state index contributed by atoms with van der Waals surface area (Å²) in [6.07, 6.45) is 1.16. The van der Waals surface area contributed by atoms with E-state index in [2.05, 4.69) is 9.97 Å². The van der Waals surface area contributed by atoms with Gasteiger partial charge in [-0.05, 0) is 13.0 Å².